The topological polar surface area (TPSA) is 56.3 Å². The molecule has 124 valence electrons. The molecule has 3 rings (SSSR count). The maximum absolute atomic E-state index is 14.3. The lowest BCUT2D eigenvalue weighted by Crippen LogP contribution is -2.05. The maximum atomic E-state index is 14.3. The van der Waals surface area contributed by atoms with Crippen molar-refractivity contribution in [3.05, 3.63) is 52.4 Å². The van der Waals surface area contributed by atoms with Gasteiger partial charge in [-0.25, -0.2) is 4.39 Å². The van der Waals surface area contributed by atoms with Crippen LogP contribution in [0.1, 0.15) is 5.56 Å². The summed E-state index contributed by atoms with van der Waals surface area (Å²) in [4.78, 5) is 0. The molecular formula is C17H15BrFN3O2. The zero-order chi connectivity index (χ0) is 17.1. The second kappa shape index (κ2) is 7.00. The number of rotatable bonds is 5. The molecule has 5 nitrogen and oxygen atoms in total. The molecule has 2 aromatic carbocycles. The lowest BCUT2D eigenvalue weighted by Gasteiger charge is -2.12. The van der Waals surface area contributed by atoms with E-state index in [9.17, 15) is 4.39 Å². The van der Waals surface area contributed by atoms with Gasteiger partial charge in [0.25, 0.3) is 0 Å². The number of ether oxygens (including phenoxy) is 2. The molecule has 0 saturated heterocycles. The first-order valence-electron chi connectivity index (χ1n) is 7.17. The number of benzene rings is 2. The SMILES string of the molecule is COc1ccc(CNc2nncc3cc(Br)cc(F)c23)c(OC)c1. The molecule has 0 unspecified atom stereocenters. The molecule has 0 aliphatic rings. The summed E-state index contributed by atoms with van der Waals surface area (Å²) in [6, 6.07) is 8.72. The predicted octanol–water partition coefficient (Wildman–Crippen LogP) is 4.16. The Kier molecular flexibility index (Phi) is 4.80. The Bertz CT molecular complexity index is 889. The van der Waals surface area contributed by atoms with Gasteiger partial charge in [0.15, 0.2) is 5.82 Å². The van der Waals surface area contributed by atoms with Gasteiger partial charge in [-0.2, -0.15) is 5.10 Å². The minimum Gasteiger partial charge on any atom is -0.497 e. The Morgan fingerprint density at radius 2 is 2.00 bits per heavy atom. The van der Waals surface area contributed by atoms with Gasteiger partial charge in [0.05, 0.1) is 25.8 Å². The number of hydrogen-bond donors (Lipinski definition) is 1. The van der Waals surface area contributed by atoms with E-state index in [-0.39, 0.29) is 5.82 Å². The Hall–Kier alpha value is -2.41. The number of halogens is 2. The summed E-state index contributed by atoms with van der Waals surface area (Å²) in [5.74, 6) is 1.41. The third kappa shape index (κ3) is 3.26. The van der Waals surface area contributed by atoms with Crippen molar-refractivity contribution in [2.45, 2.75) is 6.54 Å². The molecule has 3 aromatic rings. The number of aromatic nitrogens is 2. The van der Waals surface area contributed by atoms with Gasteiger partial charge in [-0.1, -0.05) is 15.9 Å². The minimum absolute atomic E-state index is 0.363. The van der Waals surface area contributed by atoms with E-state index in [0.717, 1.165) is 5.56 Å². The molecule has 0 radical (unpaired) electrons. The molecule has 1 aromatic heterocycles. The molecule has 0 saturated carbocycles. The van der Waals surface area contributed by atoms with Crippen LogP contribution >= 0.6 is 15.9 Å². The maximum Gasteiger partial charge on any atom is 0.159 e. The normalized spacial score (nSPS) is 10.7. The Morgan fingerprint density at radius 1 is 1.17 bits per heavy atom. The van der Waals surface area contributed by atoms with Crippen LogP contribution in [0.3, 0.4) is 0 Å². The summed E-state index contributed by atoms with van der Waals surface area (Å²) in [5, 5.41) is 12.1. The summed E-state index contributed by atoms with van der Waals surface area (Å²) >= 11 is 3.28. The summed E-state index contributed by atoms with van der Waals surface area (Å²) < 4.78 is 25.5. The van der Waals surface area contributed by atoms with Crippen LogP contribution in [-0.2, 0) is 6.54 Å². The third-order valence-electron chi connectivity index (χ3n) is 3.62. The van der Waals surface area contributed by atoms with Crippen LogP contribution in [0, 0.1) is 5.82 Å². The fourth-order valence-corrected chi connectivity index (χ4v) is 2.89. The van der Waals surface area contributed by atoms with Gasteiger partial charge in [-0.3, -0.25) is 0 Å². The predicted molar refractivity (Wildman–Crippen MR) is 94.1 cm³/mol. The van der Waals surface area contributed by atoms with Gasteiger partial charge in [-0.05, 0) is 24.3 Å². The van der Waals surface area contributed by atoms with E-state index in [1.807, 2.05) is 12.1 Å². The molecule has 0 bridgehead atoms. The summed E-state index contributed by atoms with van der Waals surface area (Å²) in [7, 11) is 3.19. The Labute approximate surface area is 146 Å². The van der Waals surface area contributed by atoms with Crippen LogP contribution in [-0.4, -0.2) is 24.4 Å². The summed E-state index contributed by atoms with van der Waals surface area (Å²) in [5.41, 5.74) is 0.898. The van der Waals surface area contributed by atoms with Crippen molar-refractivity contribution in [3.63, 3.8) is 0 Å². The van der Waals surface area contributed by atoms with Crippen LogP contribution < -0.4 is 14.8 Å². The number of hydrogen-bond acceptors (Lipinski definition) is 5. The lowest BCUT2D eigenvalue weighted by atomic mass is 10.1. The highest BCUT2D eigenvalue weighted by Gasteiger charge is 2.11. The highest BCUT2D eigenvalue weighted by molar-refractivity contribution is 9.10. The number of nitrogens with one attached hydrogen (secondary N) is 1. The lowest BCUT2D eigenvalue weighted by molar-refractivity contribution is 0.391. The number of fused-ring (bicyclic) bond motifs is 1. The fraction of sp³-hybridized carbons (Fsp3) is 0.176. The molecule has 0 fully saturated rings. The van der Waals surface area contributed by atoms with Crippen LogP contribution in [0.15, 0.2) is 41.0 Å². The Morgan fingerprint density at radius 3 is 2.75 bits per heavy atom. The van der Waals surface area contributed by atoms with Gasteiger partial charge in [-0.15, -0.1) is 5.10 Å². The molecule has 0 amide bonds. The zero-order valence-corrected chi connectivity index (χ0v) is 14.7. The second-order valence-electron chi connectivity index (χ2n) is 5.08. The van der Waals surface area contributed by atoms with Gasteiger partial charge < -0.3 is 14.8 Å². The minimum atomic E-state index is -0.363. The van der Waals surface area contributed by atoms with Crippen LogP contribution in [0.2, 0.25) is 0 Å². The first kappa shape index (κ1) is 16.4. The standard InChI is InChI=1S/C17H15BrFN3O2/c1-23-13-4-3-10(15(7-13)24-2)8-20-17-16-11(9-21-22-17)5-12(18)6-14(16)19/h3-7,9H,8H2,1-2H3,(H,20,22). The third-order valence-corrected chi connectivity index (χ3v) is 4.08. The van der Waals surface area contributed by atoms with Crippen molar-refractivity contribution in [1.29, 1.82) is 0 Å². The molecule has 1 N–H and O–H groups in total. The Balaban J connectivity index is 1.92. The first-order valence-corrected chi connectivity index (χ1v) is 7.97. The zero-order valence-electron chi connectivity index (χ0n) is 13.1. The first-order chi connectivity index (χ1) is 11.6. The van der Waals surface area contributed by atoms with Gasteiger partial charge >= 0.3 is 0 Å². The molecular weight excluding hydrogens is 377 g/mol. The average Bonchev–Trinajstić information content (AvgIpc) is 2.59. The number of anilines is 1. The van der Waals surface area contributed by atoms with Crippen LogP contribution in [0.4, 0.5) is 10.2 Å². The fourth-order valence-electron chi connectivity index (χ4n) is 2.44. The van der Waals surface area contributed by atoms with Crippen LogP contribution in [0.25, 0.3) is 10.8 Å². The van der Waals surface area contributed by atoms with Crippen molar-refractivity contribution in [2.24, 2.45) is 0 Å². The van der Waals surface area contributed by atoms with Crippen molar-refractivity contribution in [3.8, 4) is 11.5 Å². The largest absolute Gasteiger partial charge is 0.497 e. The van der Waals surface area contributed by atoms with E-state index in [1.54, 1.807) is 26.4 Å². The second-order valence-corrected chi connectivity index (χ2v) is 5.99. The average molecular weight is 392 g/mol. The van der Waals surface area contributed by atoms with E-state index in [4.69, 9.17) is 9.47 Å². The molecule has 0 spiro atoms. The van der Waals surface area contributed by atoms with Gasteiger partial charge in [0.2, 0.25) is 0 Å². The molecule has 7 heteroatoms. The number of methoxy groups -OCH3 is 2. The summed E-state index contributed by atoms with van der Waals surface area (Å²) in [6.45, 7) is 0.413. The monoisotopic (exact) mass is 391 g/mol. The highest BCUT2D eigenvalue weighted by Crippen LogP contribution is 2.29. The molecule has 0 atom stereocenters. The van der Waals surface area contributed by atoms with E-state index < -0.39 is 0 Å². The van der Waals surface area contributed by atoms with Crippen molar-refractivity contribution in [2.75, 3.05) is 19.5 Å². The van der Waals surface area contributed by atoms with E-state index >= 15 is 0 Å². The highest BCUT2D eigenvalue weighted by atomic mass is 79.9. The molecule has 0 aliphatic carbocycles. The summed E-state index contributed by atoms with van der Waals surface area (Å²) in [6.07, 6.45) is 1.53. The van der Waals surface area contributed by atoms with Gasteiger partial charge in [0.1, 0.15) is 17.3 Å². The molecule has 24 heavy (non-hydrogen) atoms. The smallest absolute Gasteiger partial charge is 0.159 e. The van der Waals surface area contributed by atoms with Crippen LogP contribution in [0.5, 0.6) is 11.5 Å². The van der Waals surface area contributed by atoms with E-state index in [1.165, 1.54) is 12.3 Å². The van der Waals surface area contributed by atoms with Gasteiger partial charge in [0, 0.05) is 28.0 Å². The number of nitrogens with zero attached hydrogens (tertiary/aromatic N) is 2. The quantitative estimate of drug-likeness (QED) is 0.707. The van der Waals surface area contributed by atoms with Crippen molar-refractivity contribution < 1.29 is 13.9 Å². The molecule has 1 heterocycles. The van der Waals surface area contributed by atoms with E-state index in [0.29, 0.717) is 39.1 Å². The molecule has 0 aliphatic heterocycles. The van der Waals surface area contributed by atoms with E-state index in [2.05, 4.69) is 31.4 Å². The van der Waals surface area contributed by atoms with Crippen molar-refractivity contribution in [1.82, 2.24) is 10.2 Å². The van der Waals surface area contributed by atoms with Crippen molar-refractivity contribution >= 4 is 32.5 Å².